The highest BCUT2D eigenvalue weighted by Gasteiger charge is 2.24. The highest BCUT2D eigenvalue weighted by Crippen LogP contribution is 2.25. The number of nitrogens with one attached hydrogen (secondary N) is 2. The van der Waals surface area contributed by atoms with E-state index < -0.39 is 27.1 Å². The van der Waals surface area contributed by atoms with Gasteiger partial charge in [0.25, 0.3) is 0 Å². The maximum Gasteiger partial charge on any atom is 0.376 e. The average Bonchev–Trinajstić information content (AvgIpc) is 2.80. The normalized spacial score (nSPS) is 11.8. The highest BCUT2D eigenvalue weighted by molar-refractivity contribution is 9.10. The first-order chi connectivity index (χ1) is 16.7. The fraction of sp³-hybridized carbons (Fsp3) is 0.409. The number of halogens is 1. The Morgan fingerprint density at radius 2 is 1.80 bits per heavy atom. The van der Waals surface area contributed by atoms with Crippen molar-refractivity contribution in [3.05, 3.63) is 64.1 Å². The fourth-order valence-corrected chi connectivity index (χ4v) is 3.77. The summed E-state index contributed by atoms with van der Waals surface area (Å²) in [5.41, 5.74) is 1.16. The fourth-order valence-electron chi connectivity index (χ4n) is 3.40. The Bertz CT molecular complexity index is 911. The predicted molar refractivity (Wildman–Crippen MR) is 143 cm³/mol. The summed E-state index contributed by atoms with van der Waals surface area (Å²) in [5, 5.41) is 35.4. The van der Waals surface area contributed by atoms with Crippen molar-refractivity contribution in [2.45, 2.75) is 33.1 Å². The summed E-state index contributed by atoms with van der Waals surface area (Å²) in [7, 11) is -2.21. The zero-order chi connectivity index (χ0) is 25.8. The Morgan fingerprint density at radius 1 is 1.09 bits per heavy atom. The SMILES string of the molecule is CB(O)NCCN(C[C@H](COc1ccc(Br)cc1C(=O)OCc1ccccc1)NB(C)O)B(C)O. The van der Waals surface area contributed by atoms with Gasteiger partial charge in [0.2, 0.25) is 0 Å². The van der Waals surface area contributed by atoms with Gasteiger partial charge in [-0.25, -0.2) is 4.79 Å². The third-order valence-corrected chi connectivity index (χ3v) is 5.61. The van der Waals surface area contributed by atoms with Gasteiger partial charge in [0.15, 0.2) is 0 Å². The lowest BCUT2D eigenvalue weighted by Crippen LogP contribution is -2.54. The number of rotatable bonds is 15. The second-order valence-electron chi connectivity index (χ2n) is 8.31. The van der Waals surface area contributed by atoms with Gasteiger partial charge in [0.1, 0.15) is 24.5 Å². The Morgan fingerprint density at radius 3 is 2.43 bits per heavy atom. The van der Waals surface area contributed by atoms with Crippen molar-refractivity contribution in [2.75, 3.05) is 26.2 Å². The van der Waals surface area contributed by atoms with Crippen LogP contribution in [0.4, 0.5) is 0 Å². The van der Waals surface area contributed by atoms with E-state index >= 15 is 0 Å². The van der Waals surface area contributed by atoms with Gasteiger partial charge in [0, 0.05) is 23.6 Å². The second kappa shape index (κ2) is 15.3. The molecule has 0 aliphatic rings. The van der Waals surface area contributed by atoms with Crippen LogP contribution in [0.2, 0.25) is 20.5 Å². The number of benzene rings is 2. The molecule has 0 aliphatic carbocycles. The van der Waals surface area contributed by atoms with E-state index in [2.05, 4.69) is 26.4 Å². The second-order valence-corrected chi connectivity index (χ2v) is 9.23. The molecule has 2 aromatic rings. The summed E-state index contributed by atoms with van der Waals surface area (Å²) in [6, 6.07) is 14.1. The number of ether oxygens (including phenoxy) is 2. The minimum Gasteiger partial charge on any atom is -0.491 e. The van der Waals surface area contributed by atoms with Crippen LogP contribution in [0.5, 0.6) is 5.75 Å². The van der Waals surface area contributed by atoms with Crippen molar-refractivity contribution >= 4 is 43.1 Å². The van der Waals surface area contributed by atoms with Crippen LogP contribution in [0.25, 0.3) is 0 Å². The highest BCUT2D eigenvalue weighted by atomic mass is 79.9. The summed E-state index contributed by atoms with van der Waals surface area (Å²) in [5.74, 6) is -0.164. The van der Waals surface area contributed by atoms with Gasteiger partial charge in [-0.15, -0.1) is 0 Å². The molecule has 0 saturated heterocycles. The topological polar surface area (TPSA) is 124 Å². The summed E-state index contributed by atoms with van der Waals surface area (Å²) >= 11 is 3.39. The molecule has 0 saturated carbocycles. The number of carbonyl (C=O) groups excluding carboxylic acids is 1. The van der Waals surface area contributed by atoms with Crippen LogP contribution >= 0.6 is 15.9 Å². The molecule has 0 amide bonds. The van der Waals surface area contributed by atoms with Crippen LogP contribution in [-0.2, 0) is 11.3 Å². The molecule has 2 aromatic carbocycles. The molecule has 2 rings (SSSR count). The molecule has 13 heteroatoms. The lowest BCUT2D eigenvalue weighted by atomic mass is 9.82. The molecular formula is C22H33B3BrN3O6. The third kappa shape index (κ3) is 11.2. The summed E-state index contributed by atoms with van der Waals surface area (Å²) in [4.78, 5) is 14.6. The van der Waals surface area contributed by atoms with Gasteiger partial charge in [-0.1, -0.05) is 46.3 Å². The zero-order valence-electron chi connectivity index (χ0n) is 20.4. The molecule has 5 N–H and O–H groups in total. The molecule has 0 radical (unpaired) electrons. The maximum atomic E-state index is 12.8. The van der Waals surface area contributed by atoms with E-state index in [4.69, 9.17) is 9.47 Å². The maximum absolute atomic E-state index is 12.8. The number of nitrogens with zero attached hydrogens (tertiary/aromatic N) is 1. The van der Waals surface area contributed by atoms with Gasteiger partial charge in [-0.2, -0.15) is 0 Å². The van der Waals surface area contributed by atoms with Crippen LogP contribution < -0.4 is 15.2 Å². The first kappa shape index (κ1) is 29.4. The Kier molecular flexibility index (Phi) is 12.8. The van der Waals surface area contributed by atoms with Crippen LogP contribution in [-0.4, -0.2) is 79.3 Å². The first-order valence-corrected chi connectivity index (χ1v) is 12.4. The van der Waals surface area contributed by atoms with Crippen molar-refractivity contribution in [2.24, 2.45) is 0 Å². The molecule has 35 heavy (non-hydrogen) atoms. The van der Waals surface area contributed by atoms with Gasteiger partial charge in [-0.3, -0.25) is 0 Å². The lowest BCUT2D eigenvalue weighted by Gasteiger charge is -2.29. The van der Waals surface area contributed by atoms with Gasteiger partial charge in [-0.05, 0) is 50.8 Å². The molecular weight excluding hydrogens is 515 g/mol. The van der Waals surface area contributed by atoms with Crippen molar-refractivity contribution in [1.29, 1.82) is 0 Å². The van der Waals surface area contributed by atoms with Crippen LogP contribution in [0.3, 0.4) is 0 Å². The molecule has 0 heterocycles. The van der Waals surface area contributed by atoms with Crippen molar-refractivity contribution < 1.29 is 29.3 Å². The molecule has 1 atom stereocenters. The summed E-state index contributed by atoms with van der Waals surface area (Å²) in [6.45, 7) is 6.43. The summed E-state index contributed by atoms with van der Waals surface area (Å²) in [6.07, 6.45) is 0. The van der Waals surface area contributed by atoms with Crippen molar-refractivity contribution in [3.63, 3.8) is 0 Å². The molecule has 0 unspecified atom stereocenters. The number of hydrogen-bond donors (Lipinski definition) is 5. The zero-order valence-corrected chi connectivity index (χ0v) is 21.9. The molecule has 9 nitrogen and oxygen atoms in total. The van der Waals surface area contributed by atoms with E-state index in [0.29, 0.717) is 29.9 Å². The molecule has 0 spiro atoms. The molecule has 0 aliphatic heterocycles. The van der Waals surface area contributed by atoms with E-state index in [9.17, 15) is 19.9 Å². The largest absolute Gasteiger partial charge is 0.491 e. The molecule has 0 bridgehead atoms. The number of esters is 1. The molecule has 0 aromatic heterocycles. The first-order valence-electron chi connectivity index (χ1n) is 11.6. The van der Waals surface area contributed by atoms with Crippen LogP contribution in [0, 0.1) is 0 Å². The van der Waals surface area contributed by atoms with Crippen molar-refractivity contribution in [3.8, 4) is 5.75 Å². The lowest BCUT2D eigenvalue weighted by molar-refractivity contribution is 0.0467. The van der Waals surface area contributed by atoms with E-state index in [0.717, 1.165) is 5.56 Å². The molecule has 0 fully saturated rings. The monoisotopic (exact) mass is 547 g/mol. The Labute approximate surface area is 216 Å². The van der Waals surface area contributed by atoms with Gasteiger partial charge in [0.05, 0.1) is 0 Å². The summed E-state index contributed by atoms with van der Waals surface area (Å²) < 4.78 is 12.2. The van der Waals surface area contributed by atoms with E-state index in [-0.39, 0.29) is 24.8 Å². The quantitative estimate of drug-likeness (QED) is 0.166. The number of hydrogen-bond acceptors (Lipinski definition) is 9. The number of carbonyl (C=O) groups is 1. The molecule has 188 valence electrons. The van der Waals surface area contributed by atoms with Crippen LogP contribution in [0.1, 0.15) is 15.9 Å². The minimum atomic E-state index is -0.810. The van der Waals surface area contributed by atoms with E-state index in [1.807, 2.05) is 30.3 Å². The standard InChI is InChI=1S/C22H33B3BrN3O6/c1-23(31)27-11-12-29(25(3)33)14-19(28-24(2)32)16-34-21-10-9-18(26)13-20(21)22(30)35-15-17-7-5-4-6-8-17/h4-10,13,19,27-28,31-33H,11-12,14-16H2,1-3H3/t19-/m1/s1. The van der Waals surface area contributed by atoms with E-state index in [1.165, 1.54) is 0 Å². The predicted octanol–water partition coefficient (Wildman–Crippen LogP) is 1.37. The van der Waals surface area contributed by atoms with Gasteiger partial charge < -0.3 is 39.8 Å². The van der Waals surface area contributed by atoms with E-state index in [1.54, 1.807) is 43.5 Å². The van der Waals surface area contributed by atoms with Gasteiger partial charge >= 0.3 is 27.1 Å². The smallest absolute Gasteiger partial charge is 0.376 e. The minimum absolute atomic E-state index is 0.124. The Balaban J connectivity index is 2.07. The Hall–Kier alpha value is -1.86. The van der Waals surface area contributed by atoms with Crippen molar-refractivity contribution in [1.82, 2.24) is 15.3 Å². The average molecular weight is 548 g/mol. The van der Waals surface area contributed by atoms with Crippen LogP contribution in [0.15, 0.2) is 53.0 Å². The third-order valence-electron chi connectivity index (χ3n) is 5.11.